The molecule has 5 aliphatic rings. The Morgan fingerprint density at radius 3 is 2.13 bits per heavy atom. The molecule has 9 atom stereocenters. The van der Waals surface area contributed by atoms with Crippen LogP contribution in [0.4, 0.5) is 0 Å². The first-order valence-electron chi connectivity index (χ1n) is 20.3. The van der Waals surface area contributed by atoms with Crippen molar-refractivity contribution in [2.24, 2.45) is 29.1 Å². The molecule has 9 unspecified atom stereocenters. The molecule has 0 aromatic carbocycles. The molecule has 2 saturated carbocycles. The van der Waals surface area contributed by atoms with Gasteiger partial charge in [-0.25, -0.2) is 0 Å². The van der Waals surface area contributed by atoms with Crippen LogP contribution in [-0.4, -0.2) is 85.5 Å². The lowest BCUT2D eigenvalue weighted by molar-refractivity contribution is -0.296. The van der Waals surface area contributed by atoms with E-state index in [1.165, 1.54) is 32.6 Å². The van der Waals surface area contributed by atoms with Crippen LogP contribution in [0.3, 0.4) is 0 Å². The van der Waals surface area contributed by atoms with E-state index in [1.807, 2.05) is 27.7 Å². The molecule has 53 heavy (non-hydrogen) atoms. The van der Waals surface area contributed by atoms with E-state index in [4.69, 9.17) is 14.2 Å². The van der Waals surface area contributed by atoms with Gasteiger partial charge in [0.15, 0.2) is 11.4 Å². The number of Topliss-reactive ketones (excluding diaryl/α,β-unsaturated/α-hetero) is 1. The number of unbranched alkanes of at least 4 members (excludes halogenated alkanes) is 8. The smallest absolute Gasteiger partial charge is 0.306 e. The first kappa shape index (κ1) is 42.0. The standard InChI is InChI=1S/C42H66NO10/c1-9-10-11-12-13-14-17-20-39(43(50)37(5,6)26-51-39)21-18-15-16-19-33(46)52-36-28(3)41(49)31(34-38(7,8)42(34,36)53-29(4)45)23-30(25-44)24-40(48)32(41)22-27(2)35(40)47/h22-23,28,31-32,34,36,44,48-49H,9-21,24-26H2,1-8H3. The number of carbonyl (C=O) groups excluding carboxylic acids is 3. The molecular weight excluding hydrogens is 678 g/mol. The van der Waals surface area contributed by atoms with Gasteiger partial charge < -0.3 is 29.5 Å². The molecule has 5 rings (SSSR count). The maximum absolute atomic E-state index is 13.7. The highest BCUT2D eigenvalue weighted by Gasteiger charge is 2.87. The van der Waals surface area contributed by atoms with E-state index in [2.05, 4.69) is 6.92 Å². The highest BCUT2D eigenvalue weighted by atomic mass is 16.6. The zero-order valence-electron chi connectivity index (χ0n) is 33.5. The number of rotatable bonds is 17. The summed E-state index contributed by atoms with van der Waals surface area (Å²) >= 11 is 0. The van der Waals surface area contributed by atoms with Gasteiger partial charge in [-0.3, -0.25) is 14.4 Å². The fourth-order valence-corrected chi connectivity index (χ4v) is 10.9. The zero-order chi connectivity index (χ0) is 39.2. The first-order valence-corrected chi connectivity index (χ1v) is 20.3. The molecule has 1 saturated heterocycles. The van der Waals surface area contributed by atoms with Gasteiger partial charge in [0.05, 0.1) is 24.4 Å². The number of ketones is 1. The summed E-state index contributed by atoms with van der Waals surface area (Å²) in [5.74, 6) is -4.68. The minimum absolute atomic E-state index is 0.0873. The Hall–Kier alpha value is -2.15. The molecular formula is C42H66NO10. The average molecular weight is 745 g/mol. The van der Waals surface area contributed by atoms with Crippen molar-refractivity contribution in [1.82, 2.24) is 5.06 Å². The monoisotopic (exact) mass is 744 g/mol. The summed E-state index contributed by atoms with van der Waals surface area (Å²) in [5.41, 5.74) is -6.47. The second-order valence-electron chi connectivity index (χ2n) is 18.2. The topological polar surface area (TPSA) is 163 Å². The molecule has 0 bridgehead atoms. The van der Waals surface area contributed by atoms with Gasteiger partial charge >= 0.3 is 11.9 Å². The lowest BCUT2D eigenvalue weighted by Crippen LogP contribution is -2.66. The van der Waals surface area contributed by atoms with Gasteiger partial charge in [-0.1, -0.05) is 84.8 Å². The van der Waals surface area contributed by atoms with Gasteiger partial charge in [0.2, 0.25) is 0 Å². The molecule has 1 heterocycles. The van der Waals surface area contributed by atoms with Gasteiger partial charge in [0.25, 0.3) is 0 Å². The van der Waals surface area contributed by atoms with Crippen LogP contribution in [0.5, 0.6) is 0 Å². The predicted molar refractivity (Wildman–Crippen MR) is 197 cm³/mol. The lowest BCUT2D eigenvalue weighted by atomic mass is 9.59. The summed E-state index contributed by atoms with van der Waals surface area (Å²) in [6.07, 6.45) is 13.5. The van der Waals surface area contributed by atoms with Crippen LogP contribution in [0, 0.1) is 29.1 Å². The van der Waals surface area contributed by atoms with Crippen molar-refractivity contribution in [2.45, 2.75) is 179 Å². The van der Waals surface area contributed by atoms with Crippen molar-refractivity contribution in [3.05, 3.63) is 23.3 Å². The number of hydrogen-bond donors (Lipinski definition) is 3. The van der Waals surface area contributed by atoms with Crippen molar-refractivity contribution in [3.8, 4) is 0 Å². The number of aliphatic hydroxyl groups excluding tert-OH is 1. The minimum Gasteiger partial charge on any atom is -0.458 e. The fraction of sp³-hybridized carbons (Fsp3) is 0.833. The number of nitrogens with zero attached hydrogens (tertiary/aromatic N) is 1. The largest absolute Gasteiger partial charge is 0.458 e. The minimum atomic E-state index is -1.98. The van der Waals surface area contributed by atoms with Crippen molar-refractivity contribution in [2.75, 3.05) is 13.2 Å². The molecule has 0 spiro atoms. The maximum Gasteiger partial charge on any atom is 0.306 e. The molecule has 0 aromatic rings. The van der Waals surface area contributed by atoms with E-state index in [0.717, 1.165) is 24.3 Å². The first-order chi connectivity index (χ1) is 24.8. The van der Waals surface area contributed by atoms with Gasteiger partial charge in [0.1, 0.15) is 17.4 Å². The molecule has 299 valence electrons. The molecule has 0 aromatic heterocycles. The lowest BCUT2D eigenvalue weighted by Gasteiger charge is -2.53. The number of carbonyl (C=O) groups is 3. The summed E-state index contributed by atoms with van der Waals surface area (Å²) in [5, 5.41) is 49.8. The molecule has 1 aliphatic heterocycles. The summed E-state index contributed by atoms with van der Waals surface area (Å²) in [7, 11) is 0. The normalized spacial score (nSPS) is 38.3. The fourth-order valence-electron chi connectivity index (χ4n) is 10.9. The van der Waals surface area contributed by atoms with E-state index >= 15 is 0 Å². The van der Waals surface area contributed by atoms with E-state index in [-0.39, 0.29) is 12.8 Å². The molecule has 3 fully saturated rings. The van der Waals surface area contributed by atoms with Crippen molar-refractivity contribution in [1.29, 1.82) is 0 Å². The zero-order valence-corrected chi connectivity index (χ0v) is 33.5. The summed E-state index contributed by atoms with van der Waals surface area (Å²) in [6.45, 7) is 14.5. The van der Waals surface area contributed by atoms with Crippen LogP contribution in [0.2, 0.25) is 0 Å². The maximum atomic E-state index is 13.7. The second-order valence-corrected chi connectivity index (χ2v) is 18.2. The van der Waals surface area contributed by atoms with Crippen molar-refractivity contribution < 1.29 is 49.1 Å². The highest BCUT2D eigenvalue weighted by Crippen LogP contribution is 2.77. The second kappa shape index (κ2) is 15.4. The van der Waals surface area contributed by atoms with Crippen LogP contribution in [0.1, 0.15) is 145 Å². The van der Waals surface area contributed by atoms with Crippen molar-refractivity contribution in [3.63, 3.8) is 0 Å². The highest BCUT2D eigenvalue weighted by molar-refractivity contribution is 6.04. The molecule has 3 N–H and O–H groups in total. The van der Waals surface area contributed by atoms with Gasteiger partial charge in [-0.05, 0) is 64.0 Å². The Bertz CT molecular complexity index is 1450. The summed E-state index contributed by atoms with van der Waals surface area (Å²) < 4.78 is 18.6. The average Bonchev–Trinajstić information content (AvgIpc) is 3.39. The number of hydrogen-bond acceptors (Lipinski definition) is 10. The third kappa shape index (κ3) is 7.09. The van der Waals surface area contributed by atoms with E-state index in [9.17, 15) is 34.9 Å². The van der Waals surface area contributed by atoms with Crippen LogP contribution >= 0.6 is 0 Å². The number of hydroxylamine groups is 2. The van der Waals surface area contributed by atoms with Crippen LogP contribution in [-0.2, 0) is 33.8 Å². The Morgan fingerprint density at radius 1 is 0.962 bits per heavy atom. The quantitative estimate of drug-likeness (QED) is 0.0876. The van der Waals surface area contributed by atoms with Crippen LogP contribution < -0.4 is 0 Å². The van der Waals surface area contributed by atoms with Crippen LogP contribution in [0.25, 0.3) is 0 Å². The van der Waals surface area contributed by atoms with E-state index in [1.54, 1.807) is 26.0 Å². The third-order valence-electron chi connectivity index (χ3n) is 13.8. The Labute approximate surface area is 316 Å². The van der Waals surface area contributed by atoms with Crippen molar-refractivity contribution >= 4 is 17.7 Å². The number of ether oxygens (including phenoxy) is 3. The molecule has 4 aliphatic carbocycles. The summed E-state index contributed by atoms with van der Waals surface area (Å²) in [6, 6.07) is 0. The third-order valence-corrected chi connectivity index (χ3v) is 13.8. The number of fused-ring (bicyclic) bond motifs is 5. The number of aliphatic hydroxyl groups is 3. The molecule has 0 amide bonds. The predicted octanol–water partition coefficient (Wildman–Crippen LogP) is 6.30. The Kier molecular flexibility index (Phi) is 12.2. The van der Waals surface area contributed by atoms with E-state index < -0.39 is 87.6 Å². The van der Waals surface area contributed by atoms with Crippen LogP contribution in [0.15, 0.2) is 23.3 Å². The van der Waals surface area contributed by atoms with Gasteiger partial charge in [0, 0.05) is 48.9 Å². The molecule has 11 heteroatoms. The number of esters is 2. The van der Waals surface area contributed by atoms with E-state index in [0.29, 0.717) is 49.9 Å². The summed E-state index contributed by atoms with van der Waals surface area (Å²) in [4.78, 5) is 39.8. The Morgan fingerprint density at radius 2 is 1.57 bits per heavy atom. The molecule has 11 nitrogen and oxygen atoms in total. The van der Waals surface area contributed by atoms with Gasteiger partial charge in [-0.2, -0.15) is 0 Å². The Balaban J connectivity index is 1.28. The molecule has 1 radical (unpaired) electrons. The van der Waals surface area contributed by atoms with Gasteiger partial charge in [-0.15, -0.1) is 10.3 Å². The SMILES string of the molecule is CCCCCCCCCC1(CCCCCC(=O)OC2C(C)C3(O)C(C=C(CO)CC4(O)C(=O)C(C)=CC43)C3C(C)(C)C23OC(C)=O)OCC(C)(C)N1[O].